The van der Waals surface area contributed by atoms with Crippen molar-refractivity contribution in [1.29, 1.82) is 0 Å². The number of hydrogen-bond acceptors (Lipinski definition) is 3. The fraction of sp³-hybridized carbons (Fsp3) is 0.643. The summed E-state index contributed by atoms with van der Waals surface area (Å²) in [5.74, 6) is 0.890. The van der Waals surface area contributed by atoms with E-state index in [1.807, 2.05) is 11.9 Å². The van der Waals surface area contributed by atoms with Gasteiger partial charge in [0.2, 0.25) is 5.91 Å². The largest absolute Gasteiger partial charge is 0.345 e. The van der Waals surface area contributed by atoms with Crippen molar-refractivity contribution in [2.75, 3.05) is 26.7 Å². The summed E-state index contributed by atoms with van der Waals surface area (Å²) in [5.41, 5.74) is 0. The summed E-state index contributed by atoms with van der Waals surface area (Å²) < 4.78 is 0. The second kappa shape index (κ2) is 8.56. The van der Waals surface area contributed by atoms with Crippen molar-refractivity contribution in [2.24, 2.45) is 5.92 Å². The molecule has 19 heavy (non-hydrogen) atoms. The Balaban J connectivity index is 0.00000180. The summed E-state index contributed by atoms with van der Waals surface area (Å²) in [4.78, 5) is 15.3. The van der Waals surface area contributed by atoms with Gasteiger partial charge in [0.05, 0.1) is 0 Å². The molecule has 0 bridgehead atoms. The Labute approximate surface area is 125 Å². The third-order valence-electron chi connectivity index (χ3n) is 3.62. The van der Waals surface area contributed by atoms with Crippen molar-refractivity contribution in [3.05, 3.63) is 22.4 Å². The molecule has 1 aromatic heterocycles. The lowest BCUT2D eigenvalue weighted by Gasteiger charge is -2.24. The smallest absolute Gasteiger partial charge is 0.222 e. The van der Waals surface area contributed by atoms with Crippen molar-refractivity contribution in [3.63, 3.8) is 0 Å². The van der Waals surface area contributed by atoms with Crippen LogP contribution in [-0.4, -0.2) is 37.5 Å². The van der Waals surface area contributed by atoms with Crippen LogP contribution in [0.2, 0.25) is 0 Å². The molecule has 1 saturated heterocycles. The highest BCUT2D eigenvalue weighted by molar-refractivity contribution is 7.09. The lowest BCUT2D eigenvalue weighted by atomic mass is 9.94. The monoisotopic (exact) mass is 302 g/mol. The molecule has 1 aliphatic heterocycles. The van der Waals surface area contributed by atoms with Gasteiger partial charge in [0, 0.05) is 24.9 Å². The number of halogens is 1. The Bertz CT molecular complexity index is 364. The molecule has 0 aromatic carbocycles. The molecule has 1 amide bonds. The van der Waals surface area contributed by atoms with Gasteiger partial charge in [-0.3, -0.25) is 4.79 Å². The molecule has 0 radical (unpaired) electrons. The number of nitrogens with one attached hydrogen (secondary N) is 1. The van der Waals surface area contributed by atoms with Gasteiger partial charge in [-0.05, 0) is 49.7 Å². The molecular formula is C14H23ClN2OS. The van der Waals surface area contributed by atoms with Crippen LogP contribution in [0, 0.1) is 5.92 Å². The van der Waals surface area contributed by atoms with Gasteiger partial charge in [-0.25, -0.2) is 0 Å². The molecule has 0 spiro atoms. The van der Waals surface area contributed by atoms with Gasteiger partial charge < -0.3 is 10.2 Å². The average Bonchev–Trinajstić information content (AvgIpc) is 2.90. The van der Waals surface area contributed by atoms with Crippen LogP contribution in [0.5, 0.6) is 0 Å². The first-order valence-corrected chi connectivity index (χ1v) is 7.60. The van der Waals surface area contributed by atoms with Crippen LogP contribution in [0.4, 0.5) is 0 Å². The van der Waals surface area contributed by atoms with E-state index < -0.39 is 0 Å². The van der Waals surface area contributed by atoms with E-state index in [0.29, 0.717) is 11.8 Å². The summed E-state index contributed by atoms with van der Waals surface area (Å²) in [6.45, 7) is 2.97. The number of hydrogen-bond donors (Lipinski definition) is 1. The van der Waals surface area contributed by atoms with E-state index in [0.717, 1.165) is 45.3 Å². The van der Waals surface area contributed by atoms with E-state index in [1.165, 1.54) is 4.88 Å². The van der Waals surface area contributed by atoms with E-state index in [4.69, 9.17) is 0 Å². The van der Waals surface area contributed by atoms with Gasteiger partial charge in [-0.1, -0.05) is 6.07 Å². The number of piperidine rings is 1. The number of nitrogens with zero attached hydrogens (tertiary/aromatic N) is 1. The number of carbonyl (C=O) groups excluding carboxylic acids is 1. The van der Waals surface area contributed by atoms with Crippen molar-refractivity contribution >= 4 is 29.7 Å². The molecule has 2 heterocycles. The molecular weight excluding hydrogens is 280 g/mol. The first kappa shape index (κ1) is 16.5. The molecule has 1 aromatic rings. The van der Waals surface area contributed by atoms with E-state index >= 15 is 0 Å². The average molecular weight is 303 g/mol. The van der Waals surface area contributed by atoms with Gasteiger partial charge >= 0.3 is 0 Å². The molecule has 0 atom stereocenters. The van der Waals surface area contributed by atoms with Crippen LogP contribution in [0.15, 0.2) is 17.5 Å². The third-order valence-corrected chi connectivity index (χ3v) is 4.56. The van der Waals surface area contributed by atoms with Crippen molar-refractivity contribution in [2.45, 2.75) is 25.7 Å². The molecule has 5 heteroatoms. The van der Waals surface area contributed by atoms with Crippen LogP contribution in [0.25, 0.3) is 0 Å². The van der Waals surface area contributed by atoms with E-state index in [-0.39, 0.29) is 12.4 Å². The minimum absolute atomic E-state index is 0. The molecule has 1 fully saturated rings. The lowest BCUT2D eigenvalue weighted by molar-refractivity contribution is -0.131. The van der Waals surface area contributed by atoms with Crippen LogP contribution in [-0.2, 0) is 11.2 Å². The highest BCUT2D eigenvalue weighted by Gasteiger charge is 2.18. The second-order valence-corrected chi connectivity index (χ2v) is 6.07. The number of rotatable bonds is 5. The van der Waals surface area contributed by atoms with Gasteiger partial charge in [0.25, 0.3) is 0 Å². The molecule has 2 rings (SSSR count). The zero-order valence-corrected chi connectivity index (χ0v) is 13.1. The molecule has 0 saturated carbocycles. The van der Waals surface area contributed by atoms with Crippen molar-refractivity contribution < 1.29 is 4.79 Å². The molecule has 108 valence electrons. The topological polar surface area (TPSA) is 32.3 Å². The maximum Gasteiger partial charge on any atom is 0.222 e. The van der Waals surface area contributed by atoms with Gasteiger partial charge in [-0.2, -0.15) is 0 Å². The maximum atomic E-state index is 12.1. The summed E-state index contributed by atoms with van der Waals surface area (Å²) >= 11 is 1.77. The second-order valence-electron chi connectivity index (χ2n) is 5.04. The number of carbonyl (C=O) groups is 1. The lowest BCUT2D eigenvalue weighted by Crippen LogP contribution is -2.34. The van der Waals surface area contributed by atoms with Crippen molar-refractivity contribution in [1.82, 2.24) is 10.2 Å². The Kier molecular flexibility index (Phi) is 7.42. The van der Waals surface area contributed by atoms with Gasteiger partial charge in [0.1, 0.15) is 0 Å². The van der Waals surface area contributed by atoms with Crippen LogP contribution in [0.3, 0.4) is 0 Å². The van der Waals surface area contributed by atoms with Crippen LogP contribution in [0.1, 0.15) is 24.1 Å². The fourth-order valence-electron chi connectivity index (χ4n) is 2.35. The van der Waals surface area contributed by atoms with Gasteiger partial charge in [0.15, 0.2) is 0 Å². The minimum Gasteiger partial charge on any atom is -0.345 e. The van der Waals surface area contributed by atoms with Crippen LogP contribution >= 0.6 is 23.7 Å². The minimum atomic E-state index is 0. The molecule has 1 aliphatic rings. The van der Waals surface area contributed by atoms with Crippen LogP contribution < -0.4 is 5.32 Å². The maximum absolute atomic E-state index is 12.1. The molecule has 0 unspecified atom stereocenters. The van der Waals surface area contributed by atoms with Crippen molar-refractivity contribution in [3.8, 4) is 0 Å². The van der Waals surface area contributed by atoms with E-state index in [1.54, 1.807) is 11.3 Å². The molecule has 0 aliphatic carbocycles. The SMILES string of the molecule is CN(CCc1cccs1)C(=O)CC1CCNCC1.Cl. The Morgan fingerprint density at radius 3 is 2.84 bits per heavy atom. The van der Waals surface area contributed by atoms with E-state index in [2.05, 4.69) is 22.8 Å². The summed E-state index contributed by atoms with van der Waals surface area (Å²) in [7, 11) is 1.93. The summed E-state index contributed by atoms with van der Waals surface area (Å²) in [6, 6.07) is 4.20. The normalized spacial score (nSPS) is 15.8. The number of likely N-dealkylation sites (N-methyl/N-ethyl adjacent to an activating group) is 1. The predicted molar refractivity (Wildman–Crippen MR) is 83.1 cm³/mol. The fourth-order valence-corrected chi connectivity index (χ4v) is 3.04. The standard InChI is InChI=1S/C14H22N2OS.ClH/c1-16(9-6-13-3-2-10-18-13)14(17)11-12-4-7-15-8-5-12;/h2-3,10,12,15H,4-9,11H2,1H3;1H. The van der Waals surface area contributed by atoms with Gasteiger partial charge in [-0.15, -0.1) is 23.7 Å². The number of thiophene rings is 1. The first-order chi connectivity index (χ1) is 8.75. The highest BCUT2D eigenvalue weighted by atomic mass is 35.5. The summed E-state index contributed by atoms with van der Waals surface area (Å²) in [5, 5.41) is 5.43. The Morgan fingerprint density at radius 1 is 1.47 bits per heavy atom. The Hall–Kier alpha value is -0.580. The van der Waals surface area contributed by atoms with E-state index in [9.17, 15) is 4.79 Å². The first-order valence-electron chi connectivity index (χ1n) is 6.73. The third kappa shape index (κ3) is 5.51. The predicted octanol–water partition coefficient (Wildman–Crippen LogP) is 2.56. The zero-order chi connectivity index (χ0) is 12.8. The molecule has 3 nitrogen and oxygen atoms in total. The highest BCUT2D eigenvalue weighted by Crippen LogP contribution is 2.17. The Morgan fingerprint density at radius 2 is 2.21 bits per heavy atom. The molecule has 1 N–H and O–H groups in total. The summed E-state index contributed by atoms with van der Waals surface area (Å²) in [6.07, 6.45) is 3.99. The zero-order valence-electron chi connectivity index (χ0n) is 11.4. The quantitative estimate of drug-likeness (QED) is 0.906. The number of amides is 1.